The van der Waals surface area contributed by atoms with Crippen molar-refractivity contribution in [2.45, 2.75) is 32.7 Å². The van der Waals surface area contributed by atoms with Crippen LogP contribution in [-0.2, 0) is 0 Å². The predicted octanol–water partition coefficient (Wildman–Crippen LogP) is 0.977. The molecule has 0 aliphatic rings. The van der Waals surface area contributed by atoms with Crippen LogP contribution < -0.4 is 11.1 Å². The Hall–Kier alpha value is -1.65. The third-order valence-electron chi connectivity index (χ3n) is 2.21. The maximum atomic E-state index is 11.7. The standard InChI is InChI=1S/C10H16N4O/c1-3-7(4-2)13-10(15)8-5-12-6-9(11)14-8/h5-7H,3-4H2,1-2H3,(H2,11,14)(H,13,15). The van der Waals surface area contributed by atoms with E-state index in [4.69, 9.17) is 5.73 Å². The van der Waals surface area contributed by atoms with Crippen molar-refractivity contribution in [1.82, 2.24) is 15.3 Å². The van der Waals surface area contributed by atoms with Gasteiger partial charge in [-0.25, -0.2) is 4.98 Å². The molecule has 0 radical (unpaired) electrons. The molecule has 0 saturated carbocycles. The Kier molecular flexibility index (Phi) is 4.03. The van der Waals surface area contributed by atoms with Gasteiger partial charge in [-0.05, 0) is 12.8 Å². The lowest BCUT2D eigenvalue weighted by molar-refractivity contribution is 0.0929. The Morgan fingerprint density at radius 2 is 2.13 bits per heavy atom. The topological polar surface area (TPSA) is 80.9 Å². The maximum absolute atomic E-state index is 11.7. The summed E-state index contributed by atoms with van der Waals surface area (Å²) in [6, 6.07) is 0.181. The second kappa shape index (κ2) is 5.29. The van der Waals surface area contributed by atoms with E-state index in [2.05, 4.69) is 15.3 Å². The van der Waals surface area contributed by atoms with Crippen LogP contribution in [0.3, 0.4) is 0 Å². The largest absolute Gasteiger partial charge is 0.382 e. The van der Waals surface area contributed by atoms with Crippen LogP contribution in [0.5, 0.6) is 0 Å². The fourth-order valence-corrected chi connectivity index (χ4v) is 1.24. The Morgan fingerprint density at radius 3 is 2.67 bits per heavy atom. The lowest BCUT2D eigenvalue weighted by Gasteiger charge is -2.13. The van der Waals surface area contributed by atoms with Crippen LogP contribution in [-0.4, -0.2) is 21.9 Å². The number of nitrogens with one attached hydrogen (secondary N) is 1. The molecule has 1 amide bonds. The average molecular weight is 208 g/mol. The number of nitrogens with zero attached hydrogens (tertiary/aromatic N) is 2. The molecule has 0 atom stereocenters. The van der Waals surface area contributed by atoms with Crippen LogP contribution in [0.1, 0.15) is 37.2 Å². The van der Waals surface area contributed by atoms with Gasteiger partial charge in [0.1, 0.15) is 11.5 Å². The minimum atomic E-state index is -0.219. The highest BCUT2D eigenvalue weighted by molar-refractivity contribution is 5.92. The molecule has 0 aliphatic carbocycles. The number of rotatable bonds is 4. The van der Waals surface area contributed by atoms with Crippen LogP contribution in [0.25, 0.3) is 0 Å². The number of anilines is 1. The number of carbonyl (C=O) groups excluding carboxylic acids is 1. The number of hydrogen-bond acceptors (Lipinski definition) is 4. The van der Waals surface area contributed by atoms with Gasteiger partial charge in [-0.2, -0.15) is 0 Å². The van der Waals surface area contributed by atoms with Crippen molar-refractivity contribution < 1.29 is 4.79 Å². The number of aromatic nitrogens is 2. The second-order valence-electron chi connectivity index (χ2n) is 3.32. The van der Waals surface area contributed by atoms with Gasteiger partial charge in [0.05, 0.1) is 12.4 Å². The molecular weight excluding hydrogens is 192 g/mol. The van der Waals surface area contributed by atoms with Gasteiger partial charge in [-0.1, -0.05) is 13.8 Å². The molecule has 15 heavy (non-hydrogen) atoms. The smallest absolute Gasteiger partial charge is 0.271 e. The summed E-state index contributed by atoms with van der Waals surface area (Å²) >= 11 is 0. The molecule has 1 aromatic heterocycles. The highest BCUT2D eigenvalue weighted by Crippen LogP contribution is 2.01. The summed E-state index contributed by atoms with van der Waals surface area (Å²) in [5.41, 5.74) is 5.70. The van der Waals surface area contributed by atoms with Gasteiger partial charge in [0.15, 0.2) is 0 Å². The van der Waals surface area contributed by atoms with E-state index in [1.807, 2.05) is 13.8 Å². The van der Waals surface area contributed by atoms with E-state index in [1.54, 1.807) is 0 Å². The normalized spacial score (nSPS) is 10.3. The lowest BCUT2D eigenvalue weighted by atomic mass is 10.1. The van der Waals surface area contributed by atoms with Gasteiger partial charge in [0.2, 0.25) is 0 Å². The summed E-state index contributed by atoms with van der Waals surface area (Å²) < 4.78 is 0. The van der Waals surface area contributed by atoms with Gasteiger partial charge < -0.3 is 11.1 Å². The zero-order valence-electron chi connectivity index (χ0n) is 9.03. The molecule has 0 unspecified atom stereocenters. The summed E-state index contributed by atoms with van der Waals surface area (Å²) in [5.74, 6) is 0.0377. The maximum Gasteiger partial charge on any atom is 0.271 e. The average Bonchev–Trinajstić information content (AvgIpc) is 2.25. The summed E-state index contributed by atoms with van der Waals surface area (Å²) in [5, 5.41) is 2.86. The molecule has 0 aliphatic heterocycles. The quantitative estimate of drug-likeness (QED) is 0.772. The van der Waals surface area contributed by atoms with Crippen molar-refractivity contribution in [2.75, 3.05) is 5.73 Å². The molecule has 0 aromatic carbocycles. The van der Waals surface area contributed by atoms with Crippen LogP contribution >= 0.6 is 0 Å². The molecule has 5 nitrogen and oxygen atoms in total. The summed E-state index contributed by atoms with van der Waals surface area (Å²) in [6.45, 7) is 4.05. The van der Waals surface area contributed by atoms with E-state index >= 15 is 0 Å². The SMILES string of the molecule is CCC(CC)NC(=O)c1cncc(N)n1. The molecule has 0 fully saturated rings. The predicted molar refractivity (Wildman–Crippen MR) is 58.3 cm³/mol. The van der Waals surface area contributed by atoms with Gasteiger partial charge in [-0.3, -0.25) is 9.78 Å². The molecule has 1 rings (SSSR count). The molecule has 3 N–H and O–H groups in total. The zero-order chi connectivity index (χ0) is 11.3. The first-order valence-corrected chi connectivity index (χ1v) is 5.05. The van der Waals surface area contributed by atoms with Gasteiger partial charge in [0, 0.05) is 6.04 Å². The minimum Gasteiger partial charge on any atom is -0.382 e. The summed E-state index contributed by atoms with van der Waals surface area (Å²) in [7, 11) is 0. The Bertz CT molecular complexity index is 336. The van der Waals surface area contributed by atoms with Gasteiger partial charge in [-0.15, -0.1) is 0 Å². The summed E-state index contributed by atoms with van der Waals surface area (Å²) in [6.07, 6.45) is 4.62. The lowest BCUT2D eigenvalue weighted by Crippen LogP contribution is -2.34. The van der Waals surface area contributed by atoms with E-state index in [0.29, 0.717) is 0 Å². The molecule has 82 valence electrons. The Morgan fingerprint density at radius 1 is 1.47 bits per heavy atom. The van der Waals surface area contributed by atoms with Gasteiger partial charge >= 0.3 is 0 Å². The third-order valence-corrected chi connectivity index (χ3v) is 2.21. The van der Waals surface area contributed by atoms with E-state index < -0.39 is 0 Å². The van der Waals surface area contributed by atoms with E-state index in [-0.39, 0.29) is 23.5 Å². The van der Waals surface area contributed by atoms with Crippen LogP contribution in [0, 0.1) is 0 Å². The highest BCUT2D eigenvalue weighted by atomic mass is 16.1. The second-order valence-corrected chi connectivity index (χ2v) is 3.32. The van der Waals surface area contributed by atoms with Crippen molar-refractivity contribution in [1.29, 1.82) is 0 Å². The molecule has 0 spiro atoms. The van der Waals surface area contributed by atoms with E-state index in [0.717, 1.165) is 12.8 Å². The first-order valence-electron chi connectivity index (χ1n) is 5.05. The van der Waals surface area contributed by atoms with Crippen molar-refractivity contribution >= 4 is 11.7 Å². The number of nitrogens with two attached hydrogens (primary N) is 1. The fourth-order valence-electron chi connectivity index (χ4n) is 1.24. The van der Waals surface area contributed by atoms with Crippen molar-refractivity contribution in [3.8, 4) is 0 Å². The van der Waals surface area contributed by atoms with Crippen LogP contribution in [0.4, 0.5) is 5.82 Å². The molecule has 0 bridgehead atoms. The minimum absolute atomic E-state index is 0.181. The van der Waals surface area contributed by atoms with Crippen molar-refractivity contribution in [3.05, 3.63) is 18.1 Å². The molecule has 5 heteroatoms. The first kappa shape index (κ1) is 11.4. The number of nitrogen functional groups attached to an aromatic ring is 1. The zero-order valence-corrected chi connectivity index (χ0v) is 9.03. The summed E-state index contributed by atoms with van der Waals surface area (Å²) in [4.78, 5) is 19.4. The Balaban J connectivity index is 2.68. The van der Waals surface area contributed by atoms with E-state index in [9.17, 15) is 4.79 Å². The van der Waals surface area contributed by atoms with Crippen LogP contribution in [0.2, 0.25) is 0 Å². The number of hydrogen-bond donors (Lipinski definition) is 2. The number of carbonyl (C=O) groups is 1. The molecule has 1 aromatic rings. The third kappa shape index (κ3) is 3.19. The Labute approximate surface area is 89.1 Å². The molecule has 1 heterocycles. The fraction of sp³-hybridized carbons (Fsp3) is 0.500. The number of amides is 1. The monoisotopic (exact) mass is 208 g/mol. The highest BCUT2D eigenvalue weighted by Gasteiger charge is 2.11. The van der Waals surface area contributed by atoms with Crippen molar-refractivity contribution in [3.63, 3.8) is 0 Å². The molecular formula is C10H16N4O. The molecule has 0 saturated heterocycles. The van der Waals surface area contributed by atoms with Crippen molar-refractivity contribution in [2.24, 2.45) is 0 Å². The van der Waals surface area contributed by atoms with E-state index in [1.165, 1.54) is 12.4 Å². The van der Waals surface area contributed by atoms with Gasteiger partial charge in [0.25, 0.3) is 5.91 Å². The van der Waals surface area contributed by atoms with Crippen LogP contribution in [0.15, 0.2) is 12.4 Å². The first-order chi connectivity index (χ1) is 7.17.